The van der Waals surface area contributed by atoms with Gasteiger partial charge in [0, 0.05) is 44.3 Å². The van der Waals surface area contributed by atoms with E-state index in [0.29, 0.717) is 0 Å². The fourth-order valence-corrected chi connectivity index (χ4v) is 3.16. The molecular formula is C23H34N2O7. The predicted octanol–water partition coefficient (Wildman–Crippen LogP) is 1.33. The standard InChI is InChI=1S/C23H34N2O7/c1-12(2)25-14(5)17(10-15-6-8-16(9-7-15)30-13(3)4)22(24-25)32-23-21(29)20(28)19(27)18(11-26)31-23/h6-9,12-13,18-21,23,26-29H,10-11H2,1-5H3/t18-,19-,20+,21-,23+/m1/s1/i1D3,2D3,3D3,4D3,5D3,13D. The average molecular weight is 467 g/mol. The maximum absolute atomic E-state index is 10.5. The number of aliphatic hydroxyl groups is 4. The summed E-state index contributed by atoms with van der Waals surface area (Å²) in [6, 6.07) is 2.02. The van der Waals surface area contributed by atoms with E-state index in [1.165, 1.54) is 12.1 Å². The maximum atomic E-state index is 10.5. The molecule has 0 bridgehead atoms. The molecule has 2 heterocycles. The van der Waals surface area contributed by atoms with Crippen LogP contribution in [0.1, 0.15) is 72.2 Å². The van der Waals surface area contributed by atoms with E-state index in [2.05, 4.69) is 5.10 Å². The Kier molecular flexibility index (Phi) is 3.45. The van der Waals surface area contributed by atoms with Crippen LogP contribution >= 0.6 is 0 Å². The summed E-state index contributed by atoms with van der Waals surface area (Å²) in [6.45, 7) is -17.7. The second-order valence-corrected chi connectivity index (χ2v) is 7.05. The van der Waals surface area contributed by atoms with Crippen LogP contribution in [-0.4, -0.2) is 73.6 Å². The fraction of sp³-hybridized carbons (Fsp3) is 0.609. The summed E-state index contributed by atoms with van der Waals surface area (Å²) in [7, 11) is 0. The van der Waals surface area contributed by atoms with Crippen LogP contribution in [0.2, 0.25) is 0 Å². The fourth-order valence-electron chi connectivity index (χ4n) is 3.16. The molecule has 5 atom stereocenters. The normalized spacial score (nSPS) is 35.7. The van der Waals surface area contributed by atoms with Crippen molar-refractivity contribution in [3.63, 3.8) is 0 Å². The Morgan fingerprint density at radius 3 is 2.50 bits per heavy atom. The third kappa shape index (κ3) is 5.24. The van der Waals surface area contributed by atoms with Crippen LogP contribution in [-0.2, 0) is 11.2 Å². The zero-order chi connectivity index (χ0) is 37.0. The Hall–Kier alpha value is -2.17. The van der Waals surface area contributed by atoms with E-state index >= 15 is 0 Å². The number of rotatable bonds is 8. The molecule has 2 aromatic rings. The van der Waals surface area contributed by atoms with Crippen molar-refractivity contribution < 1.29 is 56.6 Å². The first-order valence-electron chi connectivity index (χ1n) is 17.4. The van der Waals surface area contributed by atoms with Crippen molar-refractivity contribution in [2.24, 2.45) is 0 Å². The molecule has 1 aromatic carbocycles. The summed E-state index contributed by atoms with van der Waals surface area (Å²) in [6.07, 6.45) is -13.1. The van der Waals surface area contributed by atoms with Gasteiger partial charge in [-0.15, -0.1) is 5.10 Å². The topological polar surface area (TPSA) is 126 Å². The minimum Gasteiger partial charge on any atom is -0.491 e. The summed E-state index contributed by atoms with van der Waals surface area (Å²) in [4.78, 5) is 0. The summed E-state index contributed by atoms with van der Waals surface area (Å²) in [5.41, 5.74) is -1.21. The van der Waals surface area contributed by atoms with Crippen molar-refractivity contribution in [3.05, 3.63) is 41.1 Å². The zero-order valence-corrected chi connectivity index (χ0v) is 16.6. The third-order valence-corrected chi connectivity index (χ3v) is 4.82. The van der Waals surface area contributed by atoms with E-state index < -0.39 is 107 Å². The van der Waals surface area contributed by atoms with Gasteiger partial charge in [0.25, 0.3) is 0 Å². The van der Waals surface area contributed by atoms with Crippen molar-refractivity contribution >= 4 is 0 Å². The van der Waals surface area contributed by atoms with Crippen LogP contribution in [0.15, 0.2) is 24.3 Å². The largest absolute Gasteiger partial charge is 0.491 e. The number of benzene rings is 1. The van der Waals surface area contributed by atoms with Gasteiger partial charge in [0.1, 0.15) is 30.2 Å². The quantitative estimate of drug-likeness (QED) is 0.459. The maximum Gasteiger partial charge on any atom is 0.239 e. The molecule has 0 amide bonds. The second kappa shape index (κ2) is 10.2. The number of aromatic nitrogens is 2. The van der Waals surface area contributed by atoms with E-state index in [4.69, 9.17) is 36.1 Å². The molecule has 3 rings (SSSR count). The van der Waals surface area contributed by atoms with E-state index in [0.717, 1.165) is 12.1 Å². The van der Waals surface area contributed by atoms with Crippen molar-refractivity contribution in [1.29, 1.82) is 0 Å². The Balaban J connectivity index is 2.19. The number of ether oxygens (including phenoxy) is 3. The molecule has 178 valence electrons. The summed E-state index contributed by atoms with van der Waals surface area (Å²) >= 11 is 0. The number of hydrogen-bond donors (Lipinski definition) is 4. The van der Waals surface area contributed by atoms with Crippen molar-refractivity contribution in [3.8, 4) is 11.6 Å². The number of nitrogens with zero attached hydrogens (tertiary/aromatic N) is 2. The second-order valence-electron chi connectivity index (χ2n) is 7.05. The van der Waals surface area contributed by atoms with Gasteiger partial charge in [-0.3, -0.25) is 4.68 Å². The molecule has 0 spiro atoms. The van der Waals surface area contributed by atoms with Gasteiger partial charge in [-0.05, 0) is 52.0 Å². The molecule has 1 aromatic heterocycles. The Labute approximate surface area is 210 Å². The smallest absolute Gasteiger partial charge is 0.239 e. The molecule has 1 aliphatic heterocycles. The molecule has 1 aliphatic rings. The van der Waals surface area contributed by atoms with Gasteiger partial charge in [-0.1, -0.05) is 12.1 Å². The molecule has 4 N–H and O–H groups in total. The molecule has 0 saturated carbocycles. The van der Waals surface area contributed by atoms with Crippen molar-refractivity contribution in [1.82, 2.24) is 9.78 Å². The highest BCUT2D eigenvalue weighted by molar-refractivity contribution is 5.38. The summed E-state index contributed by atoms with van der Waals surface area (Å²) in [5, 5.41) is 44.3. The highest BCUT2D eigenvalue weighted by Gasteiger charge is 2.45. The van der Waals surface area contributed by atoms with Crippen LogP contribution in [0.4, 0.5) is 0 Å². The molecule has 1 saturated heterocycles. The summed E-state index contributed by atoms with van der Waals surface area (Å²) < 4.78 is 141. The van der Waals surface area contributed by atoms with Gasteiger partial charge in [0.15, 0.2) is 0 Å². The van der Waals surface area contributed by atoms with Gasteiger partial charge in [-0.25, -0.2) is 0 Å². The van der Waals surface area contributed by atoms with E-state index in [1.54, 1.807) is 0 Å². The van der Waals surface area contributed by atoms with Crippen LogP contribution in [0.5, 0.6) is 11.6 Å². The molecule has 1 fully saturated rings. The van der Waals surface area contributed by atoms with Gasteiger partial charge in [0.05, 0.1) is 14.1 Å². The van der Waals surface area contributed by atoms with Crippen LogP contribution in [0.25, 0.3) is 0 Å². The monoisotopic (exact) mass is 466 g/mol. The Bertz CT molecular complexity index is 1370. The van der Waals surface area contributed by atoms with Gasteiger partial charge in [0.2, 0.25) is 12.2 Å². The lowest BCUT2D eigenvalue weighted by atomic mass is 9.99. The van der Waals surface area contributed by atoms with Gasteiger partial charge in [-0.2, -0.15) is 0 Å². The first-order chi connectivity index (χ1) is 21.5. The first kappa shape index (κ1) is 10.8. The van der Waals surface area contributed by atoms with Crippen LogP contribution < -0.4 is 9.47 Å². The Morgan fingerprint density at radius 2 is 1.88 bits per heavy atom. The van der Waals surface area contributed by atoms with Crippen LogP contribution in [0.3, 0.4) is 0 Å². The molecule has 9 heteroatoms. The predicted molar refractivity (Wildman–Crippen MR) is 117 cm³/mol. The molecular weight excluding hydrogens is 416 g/mol. The van der Waals surface area contributed by atoms with E-state index in [-0.39, 0.29) is 16.0 Å². The van der Waals surface area contributed by atoms with Gasteiger partial charge < -0.3 is 34.6 Å². The Morgan fingerprint density at radius 1 is 1.12 bits per heavy atom. The molecule has 0 radical (unpaired) electrons. The van der Waals surface area contributed by atoms with Crippen molar-refractivity contribution in [2.45, 2.75) is 83.5 Å². The number of aliphatic hydroxyl groups excluding tert-OH is 4. The highest BCUT2D eigenvalue weighted by atomic mass is 16.7. The number of hydrogen-bond acceptors (Lipinski definition) is 8. The van der Waals surface area contributed by atoms with Crippen LogP contribution in [0, 0.1) is 6.85 Å². The molecule has 0 unspecified atom stereocenters. The third-order valence-electron chi connectivity index (χ3n) is 4.82. The van der Waals surface area contributed by atoms with E-state index in [1.807, 2.05) is 0 Å². The highest BCUT2D eigenvalue weighted by Crippen LogP contribution is 2.31. The van der Waals surface area contributed by atoms with E-state index in [9.17, 15) is 20.4 Å². The minimum atomic E-state index is -3.42. The molecule has 0 aliphatic carbocycles. The summed E-state index contributed by atoms with van der Waals surface area (Å²) in [5.74, 6) is -1.14. The SMILES string of the molecule is [2H]C([2H])([2H])c1c(Cc2ccc(OC([2H])(C([2H])([2H])[2H])C([2H])([2H])[2H])cc2)c(O[C@@H]2O[C@H](CO)[C@@H](O)[C@H](O)[C@H]2O)nn1C(C([2H])([2H])[2H])C([2H])([2H])[2H]. The lowest BCUT2D eigenvalue weighted by Gasteiger charge is -2.39. The molecule has 9 nitrogen and oxygen atoms in total. The van der Waals surface area contributed by atoms with Gasteiger partial charge >= 0.3 is 0 Å². The molecule has 32 heavy (non-hydrogen) atoms. The lowest BCUT2D eigenvalue weighted by molar-refractivity contribution is -0.278. The first-order valence-corrected chi connectivity index (χ1v) is 9.41. The zero-order valence-electron chi connectivity index (χ0n) is 32.6. The van der Waals surface area contributed by atoms with Crippen molar-refractivity contribution in [2.75, 3.05) is 6.61 Å². The minimum absolute atomic E-state index is 0.142. The average Bonchev–Trinajstić information content (AvgIpc) is 3.23. The lowest BCUT2D eigenvalue weighted by Crippen LogP contribution is -2.60.